The van der Waals surface area contributed by atoms with Crippen LogP contribution in [0.2, 0.25) is 0 Å². The minimum atomic E-state index is 0.228. The van der Waals surface area contributed by atoms with Crippen molar-refractivity contribution in [3.8, 4) is 0 Å². The Kier molecular flexibility index (Phi) is 4.83. The summed E-state index contributed by atoms with van der Waals surface area (Å²) < 4.78 is 10.7. The molecule has 0 amide bonds. The predicted molar refractivity (Wildman–Crippen MR) is 71.7 cm³/mol. The molecule has 0 spiro atoms. The molecule has 1 aliphatic carbocycles. The smallest absolute Gasteiger partial charge is 0.191 e. The van der Waals surface area contributed by atoms with E-state index in [2.05, 4.69) is 9.89 Å². The largest absolute Gasteiger partial charge is 0.384 e. The summed E-state index contributed by atoms with van der Waals surface area (Å²) in [7, 11) is 1.77. The van der Waals surface area contributed by atoms with Crippen LogP contribution >= 0.6 is 0 Å². The highest BCUT2D eigenvalue weighted by Crippen LogP contribution is 2.38. The number of hydrogen-bond donors (Lipinski definition) is 1. The van der Waals surface area contributed by atoms with E-state index in [0.29, 0.717) is 5.96 Å². The van der Waals surface area contributed by atoms with Crippen molar-refractivity contribution in [1.82, 2.24) is 4.90 Å². The lowest BCUT2D eigenvalue weighted by Gasteiger charge is -2.30. The molecule has 2 N–H and O–H groups in total. The van der Waals surface area contributed by atoms with E-state index in [0.717, 1.165) is 39.5 Å². The minimum absolute atomic E-state index is 0.228. The van der Waals surface area contributed by atoms with Crippen LogP contribution in [0.3, 0.4) is 0 Å². The van der Waals surface area contributed by atoms with Gasteiger partial charge in [-0.15, -0.1) is 0 Å². The van der Waals surface area contributed by atoms with Crippen LogP contribution in [0.4, 0.5) is 0 Å². The second kappa shape index (κ2) is 6.38. The van der Waals surface area contributed by atoms with Crippen molar-refractivity contribution in [2.45, 2.75) is 25.7 Å². The Balaban J connectivity index is 1.90. The standard InChI is InChI=1S/C13H25N3O2/c1-17-11-13(4-2-3-5-13)10-15-12(14)16-6-8-18-9-7-16/h2-11H2,1H3,(H2,14,15). The summed E-state index contributed by atoms with van der Waals surface area (Å²) in [6, 6.07) is 0. The Labute approximate surface area is 109 Å². The van der Waals surface area contributed by atoms with E-state index in [1.807, 2.05) is 0 Å². The molecule has 0 unspecified atom stereocenters. The molecule has 1 saturated carbocycles. The number of morpholine rings is 1. The molecule has 1 aliphatic heterocycles. The number of guanidine groups is 1. The van der Waals surface area contributed by atoms with E-state index >= 15 is 0 Å². The van der Waals surface area contributed by atoms with Gasteiger partial charge in [-0.05, 0) is 12.8 Å². The maximum absolute atomic E-state index is 6.06. The molecule has 2 rings (SSSR count). The van der Waals surface area contributed by atoms with Crippen molar-refractivity contribution in [1.29, 1.82) is 0 Å². The van der Waals surface area contributed by atoms with Gasteiger partial charge in [0.2, 0.25) is 0 Å². The highest BCUT2D eigenvalue weighted by molar-refractivity contribution is 5.78. The van der Waals surface area contributed by atoms with Crippen molar-refractivity contribution in [3.05, 3.63) is 0 Å². The summed E-state index contributed by atoms with van der Waals surface area (Å²) in [5, 5.41) is 0. The first-order valence-electron chi connectivity index (χ1n) is 6.87. The third-order valence-electron chi connectivity index (χ3n) is 4.03. The van der Waals surface area contributed by atoms with Crippen LogP contribution in [0.1, 0.15) is 25.7 Å². The molecular weight excluding hydrogens is 230 g/mol. The summed E-state index contributed by atoms with van der Waals surface area (Å²) in [4.78, 5) is 6.72. The van der Waals surface area contributed by atoms with E-state index in [9.17, 15) is 0 Å². The number of ether oxygens (including phenoxy) is 2. The topological polar surface area (TPSA) is 60.1 Å². The number of rotatable bonds is 4. The predicted octanol–water partition coefficient (Wildman–Crippen LogP) is 0.840. The second-order valence-electron chi connectivity index (χ2n) is 5.41. The zero-order chi connectivity index (χ0) is 12.8. The Morgan fingerprint density at radius 3 is 2.61 bits per heavy atom. The van der Waals surface area contributed by atoms with Crippen LogP contribution in [-0.4, -0.2) is 57.4 Å². The second-order valence-corrected chi connectivity index (χ2v) is 5.41. The number of aliphatic imine (C=N–C) groups is 1. The van der Waals surface area contributed by atoms with E-state index in [1.54, 1.807) is 7.11 Å². The summed E-state index contributed by atoms with van der Waals surface area (Å²) in [6.45, 7) is 4.80. The van der Waals surface area contributed by atoms with Crippen molar-refractivity contribution < 1.29 is 9.47 Å². The number of nitrogens with zero attached hydrogens (tertiary/aromatic N) is 2. The van der Waals surface area contributed by atoms with E-state index in [4.69, 9.17) is 15.2 Å². The molecule has 0 radical (unpaired) electrons. The molecule has 1 heterocycles. The average Bonchev–Trinajstić information content (AvgIpc) is 2.87. The summed E-state index contributed by atoms with van der Waals surface area (Å²) in [5.74, 6) is 0.667. The van der Waals surface area contributed by atoms with Crippen molar-refractivity contribution >= 4 is 5.96 Å². The molecule has 0 aromatic rings. The molecule has 5 nitrogen and oxygen atoms in total. The van der Waals surface area contributed by atoms with Gasteiger partial charge in [0.15, 0.2) is 5.96 Å². The lowest BCUT2D eigenvalue weighted by Crippen LogP contribution is -2.45. The highest BCUT2D eigenvalue weighted by Gasteiger charge is 2.33. The highest BCUT2D eigenvalue weighted by atomic mass is 16.5. The van der Waals surface area contributed by atoms with Crippen LogP contribution < -0.4 is 5.73 Å². The van der Waals surface area contributed by atoms with E-state index in [1.165, 1.54) is 25.7 Å². The Bertz CT molecular complexity index is 282. The Hall–Kier alpha value is -0.810. The number of hydrogen-bond acceptors (Lipinski definition) is 3. The molecule has 0 atom stereocenters. The molecule has 2 fully saturated rings. The Morgan fingerprint density at radius 1 is 1.33 bits per heavy atom. The van der Waals surface area contributed by atoms with Crippen LogP contribution in [-0.2, 0) is 9.47 Å². The summed E-state index contributed by atoms with van der Waals surface area (Å²) in [5.41, 5.74) is 6.29. The zero-order valence-electron chi connectivity index (χ0n) is 11.4. The van der Waals surface area contributed by atoms with E-state index in [-0.39, 0.29) is 5.41 Å². The van der Waals surface area contributed by atoms with Crippen molar-refractivity contribution in [2.75, 3.05) is 46.6 Å². The minimum Gasteiger partial charge on any atom is -0.384 e. The molecule has 0 aromatic carbocycles. The maximum Gasteiger partial charge on any atom is 0.191 e. The zero-order valence-corrected chi connectivity index (χ0v) is 11.4. The van der Waals surface area contributed by atoms with Crippen molar-refractivity contribution in [2.24, 2.45) is 16.1 Å². The fraction of sp³-hybridized carbons (Fsp3) is 0.923. The SMILES string of the molecule is COCC1(CN=C(N)N2CCOCC2)CCCC1. The third kappa shape index (κ3) is 3.36. The molecule has 0 bridgehead atoms. The van der Waals surface area contributed by atoms with Crippen LogP contribution in [0.5, 0.6) is 0 Å². The van der Waals surface area contributed by atoms with Crippen LogP contribution in [0.25, 0.3) is 0 Å². The molecule has 104 valence electrons. The summed E-state index contributed by atoms with van der Waals surface area (Å²) >= 11 is 0. The van der Waals surface area contributed by atoms with Gasteiger partial charge >= 0.3 is 0 Å². The third-order valence-corrected chi connectivity index (χ3v) is 4.03. The fourth-order valence-electron chi connectivity index (χ4n) is 2.92. The average molecular weight is 255 g/mol. The van der Waals surface area contributed by atoms with E-state index < -0.39 is 0 Å². The quantitative estimate of drug-likeness (QED) is 0.597. The first-order chi connectivity index (χ1) is 8.76. The van der Waals surface area contributed by atoms with Gasteiger partial charge in [-0.3, -0.25) is 4.99 Å². The van der Waals surface area contributed by atoms with Crippen molar-refractivity contribution in [3.63, 3.8) is 0 Å². The molecule has 18 heavy (non-hydrogen) atoms. The fourth-order valence-corrected chi connectivity index (χ4v) is 2.92. The van der Waals surface area contributed by atoms with Crippen LogP contribution in [0, 0.1) is 5.41 Å². The van der Waals surface area contributed by atoms with Gasteiger partial charge < -0.3 is 20.1 Å². The normalized spacial score (nSPS) is 24.5. The lowest BCUT2D eigenvalue weighted by molar-refractivity contribution is 0.0665. The number of methoxy groups -OCH3 is 1. The summed E-state index contributed by atoms with van der Waals surface area (Å²) in [6.07, 6.45) is 4.99. The maximum atomic E-state index is 6.06. The molecule has 0 aromatic heterocycles. The lowest BCUT2D eigenvalue weighted by atomic mass is 9.87. The van der Waals surface area contributed by atoms with Gasteiger partial charge in [-0.2, -0.15) is 0 Å². The van der Waals surface area contributed by atoms with Gasteiger partial charge in [0.05, 0.1) is 26.4 Å². The van der Waals surface area contributed by atoms with Gasteiger partial charge in [-0.1, -0.05) is 12.8 Å². The van der Waals surface area contributed by atoms with Crippen LogP contribution in [0.15, 0.2) is 4.99 Å². The first kappa shape index (κ1) is 13.6. The van der Waals surface area contributed by atoms with Gasteiger partial charge in [0, 0.05) is 25.6 Å². The molecular formula is C13H25N3O2. The first-order valence-corrected chi connectivity index (χ1v) is 6.87. The van der Waals surface area contributed by atoms with Gasteiger partial charge in [0.1, 0.15) is 0 Å². The van der Waals surface area contributed by atoms with Gasteiger partial charge in [0.25, 0.3) is 0 Å². The Morgan fingerprint density at radius 2 is 2.00 bits per heavy atom. The van der Waals surface area contributed by atoms with Gasteiger partial charge in [-0.25, -0.2) is 0 Å². The molecule has 1 saturated heterocycles. The molecule has 5 heteroatoms. The monoisotopic (exact) mass is 255 g/mol. The number of nitrogens with two attached hydrogens (primary N) is 1. The molecule has 2 aliphatic rings.